The van der Waals surface area contributed by atoms with E-state index in [2.05, 4.69) is 28.2 Å². The molecule has 0 aromatic heterocycles. The van der Waals surface area contributed by atoms with E-state index in [4.69, 9.17) is 5.73 Å². The maximum absolute atomic E-state index is 11.7. The Morgan fingerprint density at radius 2 is 2.44 bits per heavy atom. The number of hydrogen-bond donors (Lipinski definition) is 5. The lowest BCUT2D eigenvalue weighted by atomic mass is 10.1. The predicted molar refractivity (Wildman–Crippen MR) is 66.0 cm³/mol. The summed E-state index contributed by atoms with van der Waals surface area (Å²) in [4.78, 5) is 11.7. The first-order chi connectivity index (χ1) is 7.63. The second-order valence-electron chi connectivity index (χ2n) is 4.86. The number of carbonyl (C=O) groups excluding carboxylic acids is 1. The molecule has 0 aromatic rings. The first-order valence-corrected chi connectivity index (χ1v) is 6.24. The molecule has 0 radical (unpaired) electrons. The Balaban J connectivity index is 1.70. The van der Waals surface area contributed by atoms with Crippen molar-refractivity contribution in [3.8, 4) is 0 Å². The summed E-state index contributed by atoms with van der Waals surface area (Å²) in [5.74, 6) is 1.52. The van der Waals surface area contributed by atoms with E-state index in [1.807, 2.05) is 6.92 Å². The number of carbonyl (C=O) groups is 1. The van der Waals surface area contributed by atoms with E-state index in [0.717, 1.165) is 18.4 Å². The van der Waals surface area contributed by atoms with Crippen molar-refractivity contribution in [2.24, 2.45) is 17.6 Å². The summed E-state index contributed by atoms with van der Waals surface area (Å²) in [6.45, 7) is 3.63. The van der Waals surface area contributed by atoms with Crippen LogP contribution in [0.5, 0.6) is 0 Å². The SMILES string of the molecule is CC(NS)C(N)C(=O)NC[C@H]1NCC2C[C@H]21. The fraction of sp³-hybridized carbons (Fsp3) is 0.900. The van der Waals surface area contributed by atoms with Gasteiger partial charge in [0.1, 0.15) is 6.04 Å². The highest BCUT2D eigenvalue weighted by molar-refractivity contribution is 7.78. The van der Waals surface area contributed by atoms with Crippen LogP contribution in [0.3, 0.4) is 0 Å². The maximum atomic E-state index is 11.7. The molecule has 2 rings (SSSR count). The van der Waals surface area contributed by atoms with Crippen LogP contribution in [0.25, 0.3) is 0 Å². The maximum Gasteiger partial charge on any atom is 0.238 e. The largest absolute Gasteiger partial charge is 0.353 e. The minimum absolute atomic E-state index is 0.111. The van der Waals surface area contributed by atoms with Gasteiger partial charge in [-0.25, -0.2) is 0 Å². The van der Waals surface area contributed by atoms with Crippen LogP contribution in [0.2, 0.25) is 0 Å². The molecule has 3 unspecified atom stereocenters. The van der Waals surface area contributed by atoms with Crippen molar-refractivity contribution in [1.29, 1.82) is 0 Å². The minimum Gasteiger partial charge on any atom is -0.353 e. The number of nitrogens with one attached hydrogen (secondary N) is 3. The first-order valence-electron chi connectivity index (χ1n) is 5.79. The molecule has 1 aliphatic heterocycles. The van der Waals surface area contributed by atoms with Gasteiger partial charge in [0.05, 0.1) is 0 Å². The zero-order valence-electron chi connectivity index (χ0n) is 9.44. The second-order valence-corrected chi connectivity index (χ2v) is 5.12. The molecule has 0 aromatic carbocycles. The number of nitrogens with two attached hydrogens (primary N) is 1. The zero-order chi connectivity index (χ0) is 11.7. The first kappa shape index (κ1) is 12.2. The highest BCUT2D eigenvalue weighted by Crippen LogP contribution is 2.44. The van der Waals surface area contributed by atoms with Crippen molar-refractivity contribution in [3.05, 3.63) is 0 Å². The van der Waals surface area contributed by atoms with Crippen molar-refractivity contribution in [3.63, 3.8) is 0 Å². The highest BCUT2D eigenvalue weighted by Gasteiger charge is 2.47. The Kier molecular flexibility index (Phi) is 3.73. The summed E-state index contributed by atoms with van der Waals surface area (Å²) in [6.07, 6.45) is 1.31. The van der Waals surface area contributed by atoms with Crippen molar-refractivity contribution < 1.29 is 4.79 Å². The van der Waals surface area contributed by atoms with Gasteiger partial charge >= 0.3 is 0 Å². The molecule has 2 fully saturated rings. The van der Waals surface area contributed by atoms with Gasteiger partial charge in [-0.05, 0) is 31.7 Å². The van der Waals surface area contributed by atoms with Crippen LogP contribution in [-0.4, -0.2) is 37.1 Å². The third kappa shape index (κ3) is 2.51. The van der Waals surface area contributed by atoms with Gasteiger partial charge in [0, 0.05) is 18.6 Å². The molecule has 0 bridgehead atoms. The molecular formula is C10H20N4OS. The summed E-state index contributed by atoms with van der Waals surface area (Å²) in [5.41, 5.74) is 5.76. The van der Waals surface area contributed by atoms with Gasteiger partial charge in [0.25, 0.3) is 0 Å². The van der Waals surface area contributed by atoms with Crippen LogP contribution in [0.1, 0.15) is 13.3 Å². The minimum atomic E-state index is -0.547. The Morgan fingerprint density at radius 3 is 2.94 bits per heavy atom. The highest BCUT2D eigenvalue weighted by atomic mass is 32.1. The Morgan fingerprint density at radius 1 is 1.69 bits per heavy atom. The van der Waals surface area contributed by atoms with E-state index in [1.165, 1.54) is 6.42 Å². The summed E-state index contributed by atoms with van der Waals surface area (Å²) in [5, 5.41) is 6.30. The Labute approximate surface area is 101 Å². The van der Waals surface area contributed by atoms with Crippen LogP contribution >= 0.6 is 12.8 Å². The standard InChI is InChI=1S/C10H20N4OS/c1-5(14-16)9(11)10(15)13-4-8-7-2-6(7)3-12-8/h5-9,12,14,16H,2-4,11H2,1H3,(H,13,15)/t5?,6?,7-,8-,9?/m1/s1. The number of thiol groups is 1. The van der Waals surface area contributed by atoms with Gasteiger partial charge in [-0.1, -0.05) is 12.8 Å². The average Bonchev–Trinajstić information content (AvgIpc) is 2.98. The summed E-state index contributed by atoms with van der Waals surface area (Å²) < 4.78 is 2.68. The van der Waals surface area contributed by atoms with Gasteiger partial charge < -0.3 is 16.4 Å². The number of piperidine rings is 1. The molecule has 1 amide bonds. The quantitative estimate of drug-likeness (QED) is 0.396. The second kappa shape index (κ2) is 4.91. The fourth-order valence-corrected chi connectivity index (χ4v) is 2.47. The van der Waals surface area contributed by atoms with Crippen LogP contribution in [0.4, 0.5) is 0 Å². The Bertz CT molecular complexity index is 276. The molecule has 5 atom stereocenters. The molecule has 2 aliphatic rings. The van der Waals surface area contributed by atoms with Gasteiger partial charge in [-0.2, -0.15) is 0 Å². The van der Waals surface area contributed by atoms with Crippen LogP contribution in [0.15, 0.2) is 0 Å². The van der Waals surface area contributed by atoms with Crippen LogP contribution < -0.4 is 21.1 Å². The molecule has 1 saturated heterocycles. The average molecular weight is 244 g/mol. The van der Waals surface area contributed by atoms with E-state index in [9.17, 15) is 4.79 Å². The molecule has 1 saturated carbocycles. The number of amides is 1. The lowest BCUT2D eigenvalue weighted by Crippen LogP contribution is -2.52. The summed E-state index contributed by atoms with van der Waals surface area (Å²) in [7, 11) is 0. The number of rotatable bonds is 5. The zero-order valence-corrected chi connectivity index (χ0v) is 10.3. The van der Waals surface area contributed by atoms with Crippen molar-refractivity contribution in [2.45, 2.75) is 31.5 Å². The third-order valence-corrected chi connectivity index (χ3v) is 4.08. The summed E-state index contributed by atoms with van der Waals surface area (Å²) >= 11 is 3.90. The monoisotopic (exact) mass is 244 g/mol. The molecule has 0 spiro atoms. The number of fused-ring (bicyclic) bond motifs is 1. The van der Waals surface area contributed by atoms with Crippen LogP contribution in [-0.2, 0) is 4.79 Å². The molecular weight excluding hydrogens is 224 g/mol. The lowest BCUT2D eigenvalue weighted by molar-refractivity contribution is -0.122. The molecule has 1 heterocycles. The van der Waals surface area contributed by atoms with E-state index in [1.54, 1.807) is 0 Å². The molecule has 5 nitrogen and oxygen atoms in total. The smallest absolute Gasteiger partial charge is 0.238 e. The van der Waals surface area contributed by atoms with Crippen molar-refractivity contribution in [2.75, 3.05) is 13.1 Å². The third-order valence-electron chi connectivity index (χ3n) is 3.68. The van der Waals surface area contributed by atoms with Gasteiger partial charge in [0.2, 0.25) is 5.91 Å². The van der Waals surface area contributed by atoms with Crippen molar-refractivity contribution in [1.82, 2.24) is 15.4 Å². The number of hydrogen-bond acceptors (Lipinski definition) is 5. The topological polar surface area (TPSA) is 79.2 Å². The predicted octanol–water partition coefficient (Wildman–Crippen LogP) is -1.14. The van der Waals surface area contributed by atoms with E-state index in [-0.39, 0.29) is 11.9 Å². The molecule has 92 valence electrons. The molecule has 6 heteroatoms. The normalized spacial score (nSPS) is 35.3. The van der Waals surface area contributed by atoms with Crippen LogP contribution in [0, 0.1) is 11.8 Å². The Hall–Kier alpha value is -0.300. The molecule has 1 aliphatic carbocycles. The van der Waals surface area contributed by atoms with E-state index < -0.39 is 6.04 Å². The lowest BCUT2D eigenvalue weighted by Gasteiger charge is -2.20. The molecule has 16 heavy (non-hydrogen) atoms. The van der Waals surface area contributed by atoms with Gasteiger partial charge in [-0.3, -0.25) is 9.52 Å². The van der Waals surface area contributed by atoms with E-state index in [0.29, 0.717) is 12.6 Å². The van der Waals surface area contributed by atoms with Gasteiger partial charge in [0.15, 0.2) is 0 Å². The molecule has 5 N–H and O–H groups in total. The van der Waals surface area contributed by atoms with E-state index >= 15 is 0 Å². The summed E-state index contributed by atoms with van der Waals surface area (Å²) in [6, 6.07) is -0.233. The van der Waals surface area contributed by atoms with Crippen molar-refractivity contribution >= 4 is 18.7 Å². The fourth-order valence-electron chi connectivity index (χ4n) is 2.31. The van der Waals surface area contributed by atoms with Gasteiger partial charge in [-0.15, -0.1) is 0 Å².